The van der Waals surface area contributed by atoms with Crippen LogP contribution in [0.15, 0.2) is 4.99 Å². The first-order valence-corrected chi connectivity index (χ1v) is 6.11. The van der Waals surface area contributed by atoms with Crippen molar-refractivity contribution in [1.82, 2.24) is 0 Å². The first-order chi connectivity index (χ1) is 5.70. The molecule has 5 heteroatoms. The lowest BCUT2D eigenvalue weighted by atomic mass is 10.4. The Hall–Kier alpha value is -0.483. The van der Waals surface area contributed by atoms with E-state index < -0.39 is 9.28 Å². The van der Waals surface area contributed by atoms with Gasteiger partial charge in [0.15, 0.2) is 0 Å². The molecule has 2 atom stereocenters. The largest absolute Gasteiger partial charge is 0.397 e. The van der Waals surface area contributed by atoms with Crippen LogP contribution in [0.3, 0.4) is 0 Å². The molecule has 0 N–H and O–H groups in total. The minimum absolute atomic E-state index is 0.0420. The molecule has 0 saturated heterocycles. The highest BCUT2D eigenvalue weighted by atomic mass is 28.3. The van der Waals surface area contributed by atoms with Crippen LogP contribution in [0.4, 0.5) is 0 Å². The first-order valence-electron chi connectivity index (χ1n) is 4.01. The summed E-state index contributed by atoms with van der Waals surface area (Å²) in [5.74, 6) is 0. The van der Waals surface area contributed by atoms with Crippen LogP contribution in [-0.2, 0) is 13.6 Å². The normalized spacial score (nSPS) is 14.9. The predicted octanol–water partition coefficient (Wildman–Crippen LogP) is 0.614. The van der Waals surface area contributed by atoms with E-state index in [0.717, 1.165) is 0 Å². The van der Waals surface area contributed by atoms with Crippen molar-refractivity contribution in [2.75, 3.05) is 13.2 Å². The quantitative estimate of drug-likeness (QED) is 0.349. The molecular weight excluding hydrogens is 174 g/mol. The van der Waals surface area contributed by atoms with E-state index in [4.69, 9.17) is 8.85 Å². The molecule has 12 heavy (non-hydrogen) atoms. The van der Waals surface area contributed by atoms with Crippen LogP contribution >= 0.6 is 0 Å². The molecule has 0 amide bonds. The van der Waals surface area contributed by atoms with E-state index in [1.54, 1.807) is 0 Å². The van der Waals surface area contributed by atoms with E-state index in [1.807, 2.05) is 20.4 Å². The maximum Gasteiger partial charge on any atom is 0.318 e. The van der Waals surface area contributed by atoms with E-state index >= 15 is 0 Å². The smallest absolute Gasteiger partial charge is 0.318 e. The van der Waals surface area contributed by atoms with E-state index in [9.17, 15) is 4.79 Å². The molecule has 0 radical (unpaired) electrons. The Morgan fingerprint density at radius 2 is 2.33 bits per heavy atom. The third-order valence-electron chi connectivity index (χ3n) is 1.24. The molecule has 0 aromatic heterocycles. The Morgan fingerprint density at radius 1 is 1.67 bits per heavy atom. The van der Waals surface area contributed by atoms with Crippen molar-refractivity contribution in [2.24, 2.45) is 4.99 Å². The van der Waals surface area contributed by atoms with Crippen molar-refractivity contribution >= 4 is 15.4 Å². The molecule has 0 heterocycles. The van der Waals surface area contributed by atoms with Gasteiger partial charge in [0.25, 0.3) is 0 Å². The van der Waals surface area contributed by atoms with Crippen LogP contribution in [0.5, 0.6) is 0 Å². The Morgan fingerprint density at radius 3 is 2.83 bits per heavy atom. The molecule has 0 fully saturated rings. The fourth-order valence-corrected chi connectivity index (χ4v) is 2.10. The molecule has 70 valence electrons. The summed E-state index contributed by atoms with van der Waals surface area (Å²) >= 11 is 0. The summed E-state index contributed by atoms with van der Waals surface area (Å²) in [7, 11) is -1.49. The second-order valence-electron chi connectivity index (χ2n) is 2.40. The van der Waals surface area contributed by atoms with Crippen molar-refractivity contribution in [3.05, 3.63) is 0 Å². The van der Waals surface area contributed by atoms with Gasteiger partial charge in [-0.25, -0.2) is 9.79 Å². The third-order valence-corrected chi connectivity index (χ3v) is 2.89. The lowest BCUT2D eigenvalue weighted by molar-refractivity contribution is 0.161. The lowest BCUT2D eigenvalue weighted by Gasteiger charge is -2.15. The zero-order valence-electron chi connectivity index (χ0n) is 7.74. The Kier molecular flexibility index (Phi) is 6.89. The minimum atomic E-state index is -1.49. The number of hydrogen-bond acceptors (Lipinski definition) is 4. The van der Waals surface area contributed by atoms with Gasteiger partial charge in [-0.05, 0) is 20.4 Å². The number of aliphatic imine (C=N–C) groups is 1. The van der Waals surface area contributed by atoms with Crippen molar-refractivity contribution < 1.29 is 13.6 Å². The van der Waals surface area contributed by atoms with Crippen LogP contribution in [0, 0.1) is 0 Å². The highest BCUT2D eigenvalue weighted by Crippen LogP contribution is 1.96. The Bertz CT molecular complexity index is 159. The van der Waals surface area contributed by atoms with Gasteiger partial charge in [-0.2, -0.15) is 0 Å². The molecule has 0 aromatic carbocycles. The molecule has 0 spiro atoms. The van der Waals surface area contributed by atoms with Crippen LogP contribution in [0.2, 0.25) is 6.55 Å². The molecule has 4 nitrogen and oxygen atoms in total. The summed E-state index contributed by atoms with van der Waals surface area (Å²) in [4.78, 5) is 13.2. The molecule has 0 aromatic rings. The average molecular weight is 189 g/mol. The third kappa shape index (κ3) is 6.24. The van der Waals surface area contributed by atoms with Crippen LogP contribution in [0.25, 0.3) is 0 Å². The fraction of sp³-hybridized carbons (Fsp3) is 0.857. The zero-order valence-corrected chi connectivity index (χ0v) is 8.90. The van der Waals surface area contributed by atoms with E-state index in [1.165, 1.54) is 6.08 Å². The van der Waals surface area contributed by atoms with Crippen molar-refractivity contribution in [2.45, 2.75) is 26.5 Å². The van der Waals surface area contributed by atoms with Gasteiger partial charge < -0.3 is 8.85 Å². The maximum atomic E-state index is 9.75. The minimum Gasteiger partial charge on any atom is -0.397 e. The first kappa shape index (κ1) is 11.5. The summed E-state index contributed by atoms with van der Waals surface area (Å²) in [5.41, 5.74) is 0. The van der Waals surface area contributed by atoms with Crippen molar-refractivity contribution in [3.8, 4) is 0 Å². The lowest BCUT2D eigenvalue weighted by Crippen LogP contribution is -2.26. The number of nitrogens with zero attached hydrogens (tertiary/aromatic N) is 1. The van der Waals surface area contributed by atoms with Gasteiger partial charge in [-0.1, -0.05) is 0 Å². The summed E-state index contributed by atoms with van der Waals surface area (Å²) in [5, 5.41) is 0. The monoisotopic (exact) mass is 189 g/mol. The van der Waals surface area contributed by atoms with E-state index in [-0.39, 0.29) is 6.10 Å². The standard InChI is InChI=1S/C7H15NO3Si/c1-4-10-12(3)11-7(2)5-8-6-9/h7,12H,4-5H2,1-3H3. The summed E-state index contributed by atoms with van der Waals surface area (Å²) < 4.78 is 10.7. The summed E-state index contributed by atoms with van der Waals surface area (Å²) in [6.45, 7) is 6.79. The highest BCUT2D eigenvalue weighted by molar-refractivity contribution is 6.42. The van der Waals surface area contributed by atoms with Crippen molar-refractivity contribution in [3.63, 3.8) is 0 Å². The van der Waals surface area contributed by atoms with Crippen LogP contribution in [0.1, 0.15) is 13.8 Å². The Balaban J connectivity index is 3.52. The molecule has 0 aliphatic carbocycles. The number of carbonyl (C=O) groups excluding carboxylic acids is 1. The summed E-state index contributed by atoms with van der Waals surface area (Å²) in [6.07, 6.45) is 1.43. The predicted molar refractivity (Wildman–Crippen MR) is 48.2 cm³/mol. The fourth-order valence-electron chi connectivity index (χ4n) is 0.810. The number of hydrogen-bond donors (Lipinski definition) is 0. The van der Waals surface area contributed by atoms with Gasteiger partial charge >= 0.3 is 9.28 Å². The zero-order chi connectivity index (χ0) is 9.40. The molecule has 0 saturated carbocycles. The highest BCUT2D eigenvalue weighted by Gasteiger charge is 2.09. The summed E-state index contributed by atoms with van der Waals surface area (Å²) in [6, 6.07) is 0. The van der Waals surface area contributed by atoms with Crippen LogP contribution in [-0.4, -0.2) is 34.6 Å². The topological polar surface area (TPSA) is 47.9 Å². The number of isocyanates is 1. The van der Waals surface area contributed by atoms with Gasteiger partial charge in [-0.15, -0.1) is 0 Å². The molecule has 0 rings (SSSR count). The van der Waals surface area contributed by atoms with Gasteiger partial charge in [-0.3, -0.25) is 0 Å². The molecule has 2 unspecified atom stereocenters. The SMILES string of the molecule is CCO[SiH](C)OC(C)CN=C=O. The molecular formula is C7H15NO3Si. The van der Waals surface area contributed by atoms with Gasteiger partial charge in [0.2, 0.25) is 6.08 Å². The van der Waals surface area contributed by atoms with E-state index in [2.05, 4.69) is 4.99 Å². The van der Waals surface area contributed by atoms with E-state index in [0.29, 0.717) is 13.2 Å². The number of rotatable bonds is 6. The average Bonchev–Trinajstić information content (AvgIpc) is 2.01. The molecule has 0 aliphatic rings. The van der Waals surface area contributed by atoms with Crippen LogP contribution < -0.4 is 0 Å². The molecule has 0 aliphatic heterocycles. The van der Waals surface area contributed by atoms with Crippen molar-refractivity contribution in [1.29, 1.82) is 0 Å². The Labute approximate surface area is 74.4 Å². The van der Waals surface area contributed by atoms with Gasteiger partial charge in [0.1, 0.15) is 0 Å². The maximum absolute atomic E-state index is 9.75. The second-order valence-corrected chi connectivity index (χ2v) is 4.14. The molecule has 0 bridgehead atoms. The van der Waals surface area contributed by atoms with Gasteiger partial charge in [0.05, 0.1) is 12.6 Å². The second kappa shape index (κ2) is 7.18. The van der Waals surface area contributed by atoms with Gasteiger partial charge in [0, 0.05) is 6.61 Å².